The van der Waals surface area contributed by atoms with E-state index in [4.69, 9.17) is 4.84 Å². The molecule has 0 saturated heterocycles. The molecular weight excluding hydrogens is 289 g/mol. The van der Waals surface area contributed by atoms with E-state index in [1.807, 2.05) is 42.5 Å². The maximum atomic E-state index is 13.4. The van der Waals surface area contributed by atoms with Gasteiger partial charge in [-0.05, 0) is 28.8 Å². The summed E-state index contributed by atoms with van der Waals surface area (Å²) in [4.78, 5) is 5.17. The predicted octanol–water partition coefficient (Wildman–Crippen LogP) is 4.92. The summed E-state index contributed by atoms with van der Waals surface area (Å²) < 4.78 is 13.4. The first-order valence-corrected chi connectivity index (χ1v) is 7.30. The van der Waals surface area contributed by atoms with Crippen LogP contribution in [0.4, 0.5) is 4.39 Å². The van der Waals surface area contributed by atoms with Gasteiger partial charge in [0.2, 0.25) is 0 Å². The zero-order chi connectivity index (χ0) is 15.9. The molecule has 23 heavy (non-hydrogen) atoms. The van der Waals surface area contributed by atoms with Crippen molar-refractivity contribution in [2.45, 2.75) is 6.61 Å². The van der Waals surface area contributed by atoms with E-state index in [0.717, 1.165) is 11.1 Å². The van der Waals surface area contributed by atoms with Gasteiger partial charge in [0.15, 0.2) is 0 Å². The smallest absolute Gasteiger partial charge is 0.142 e. The van der Waals surface area contributed by atoms with E-state index in [1.54, 1.807) is 18.2 Å². The standard InChI is InChI=1S/C20H15FNO/c21-20-9-5-4-8-19(20)14-22-23-15-16-10-12-18(13-11-16)17-6-2-1-3-7-17/h1-13H,15H2. The predicted molar refractivity (Wildman–Crippen MR) is 89.6 cm³/mol. The summed E-state index contributed by atoms with van der Waals surface area (Å²) in [6, 6.07) is 24.5. The summed E-state index contributed by atoms with van der Waals surface area (Å²) in [5, 5.41) is 3.69. The molecule has 3 aromatic rings. The molecule has 0 saturated carbocycles. The van der Waals surface area contributed by atoms with Crippen LogP contribution in [0.5, 0.6) is 0 Å². The van der Waals surface area contributed by atoms with Crippen molar-refractivity contribution in [1.82, 2.24) is 0 Å². The van der Waals surface area contributed by atoms with Gasteiger partial charge in [-0.1, -0.05) is 71.9 Å². The van der Waals surface area contributed by atoms with Crippen LogP contribution in [0.1, 0.15) is 11.1 Å². The molecule has 0 heterocycles. The van der Waals surface area contributed by atoms with Crippen LogP contribution in [0.15, 0.2) is 84.0 Å². The largest absolute Gasteiger partial charge is 0.390 e. The maximum Gasteiger partial charge on any atom is 0.142 e. The van der Waals surface area contributed by atoms with Crippen LogP contribution in [0.3, 0.4) is 0 Å². The van der Waals surface area contributed by atoms with E-state index in [2.05, 4.69) is 23.5 Å². The Balaban J connectivity index is 1.58. The number of nitrogens with zero attached hydrogens (tertiary/aromatic N) is 1. The molecule has 0 N–H and O–H groups in total. The highest BCUT2D eigenvalue weighted by Crippen LogP contribution is 2.19. The molecule has 0 amide bonds. The molecular formula is C20H15FNO. The van der Waals surface area contributed by atoms with Crippen molar-refractivity contribution in [1.29, 1.82) is 0 Å². The molecule has 0 aliphatic heterocycles. The lowest BCUT2D eigenvalue weighted by atomic mass is 10.0. The molecule has 0 spiro atoms. The number of hydrogen-bond donors (Lipinski definition) is 0. The van der Waals surface area contributed by atoms with Crippen LogP contribution < -0.4 is 0 Å². The highest BCUT2D eigenvalue weighted by molar-refractivity contribution is 5.79. The zero-order valence-electron chi connectivity index (χ0n) is 12.4. The molecule has 3 rings (SSSR count). The Kier molecular flexibility index (Phi) is 4.79. The third kappa shape index (κ3) is 4.04. The minimum Gasteiger partial charge on any atom is -0.390 e. The lowest BCUT2D eigenvalue weighted by Gasteiger charge is -2.03. The quantitative estimate of drug-likeness (QED) is 0.484. The summed E-state index contributed by atoms with van der Waals surface area (Å²) in [5.74, 6) is -0.368. The molecule has 0 fully saturated rings. The number of rotatable bonds is 5. The van der Waals surface area contributed by atoms with Crippen molar-refractivity contribution >= 4 is 6.21 Å². The normalized spacial score (nSPS) is 10.8. The Morgan fingerprint density at radius 2 is 1.43 bits per heavy atom. The molecule has 0 atom stereocenters. The molecule has 3 aromatic carbocycles. The van der Waals surface area contributed by atoms with Crippen LogP contribution in [-0.2, 0) is 11.4 Å². The Hall–Kier alpha value is -2.94. The van der Waals surface area contributed by atoms with Crippen molar-refractivity contribution in [3.05, 3.63) is 95.8 Å². The van der Waals surface area contributed by atoms with Crippen LogP contribution in [0.25, 0.3) is 11.1 Å². The molecule has 3 heteroatoms. The van der Waals surface area contributed by atoms with Crippen molar-refractivity contribution < 1.29 is 9.23 Å². The summed E-state index contributed by atoms with van der Waals surface area (Å²) in [5.41, 5.74) is 3.59. The van der Waals surface area contributed by atoms with Gasteiger partial charge < -0.3 is 4.84 Å². The van der Waals surface area contributed by atoms with E-state index in [9.17, 15) is 4.39 Å². The highest BCUT2D eigenvalue weighted by atomic mass is 19.1. The van der Waals surface area contributed by atoms with Gasteiger partial charge in [0.25, 0.3) is 0 Å². The van der Waals surface area contributed by atoms with E-state index >= 15 is 0 Å². The number of benzene rings is 3. The van der Waals surface area contributed by atoms with Gasteiger partial charge in [0.05, 0.1) is 0 Å². The summed E-state index contributed by atoms with van der Waals surface area (Å²) in [6.07, 6.45) is 2.55. The second-order valence-corrected chi connectivity index (χ2v) is 5.02. The zero-order valence-corrected chi connectivity index (χ0v) is 12.4. The topological polar surface area (TPSA) is 21.6 Å². The fourth-order valence-corrected chi connectivity index (χ4v) is 2.16. The minimum atomic E-state index is -0.368. The van der Waals surface area contributed by atoms with E-state index in [0.29, 0.717) is 6.61 Å². The second-order valence-electron chi connectivity index (χ2n) is 5.02. The van der Waals surface area contributed by atoms with Crippen LogP contribution in [0, 0.1) is 5.82 Å². The Morgan fingerprint density at radius 3 is 2.17 bits per heavy atom. The molecule has 0 aliphatic rings. The lowest BCUT2D eigenvalue weighted by molar-refractivity contribution is 0.132. The summed E-state index contributed by atoms with van der Waals surface area (Å²) >= 11 is 0. The number of halogens is 1. The third-order valence-electron chi connectivity index (χ3n) is 3.40. The molecule has 113 valence electrons. The van der Waals surface area contributed by atoms with Crippen molar-refractivity contribution in [3.63, 3.8) is 0 Å². The molecule has 0 aromatic heterocycles. The van der Waals surface area contributed by atoms with Gasteiger partial charge in [0.1, 0.15) is 18.6 Å². The minimum absolute atomic E-state index is 0.284. The highest BCUT2D eigenvalue weighted by Gasteiger charge is 1.99. The van der Waals surface area contributed by atoms with Gasteiger partial charge in [-0.15, -0.1) is 0 Å². The SMILES string of the molecule is Fc1ccccc1/[C]=N\OCc1ccc(-c2ccccc2)cc1. The van der Waals surface area contributed by atoms with Gasteiger partial charge in [-0.2, -0.15) is 0 Å². The monoisotopic (exact) mass is 304 g/mol. The van der Waals surface area contributed by atoms with Gasteiger partial charge in [0, 0.05) is 5.56 Å². The van der Waals surface area contributed by atoms with Crippen LogP contribution >= 0.6 is 0 Å². The van der Waals surface area contributed by atoms with Crippen molar-refractivity contribution in [2.24, 2.45) is 5.16 Å². The van der Waals surface area contributed by atoms with Crippen LogP contribution in [-0.4, -0.2) is 6.21 Å². The molecule has 0 bridgehead atoms. The van der Waals surface area contributed by atoms with Gasteiger partial charge in [-0.3, -0.25) is 0 Å². The molecule has 0 aliphatic carbocycles. The Morgan fingerprint density at radius 1 is 0.783 bits per heavy atom. The fourth-order valence-electron chi connectivity index (χ4n) is 2.16. The van der Waals surface area contributed by atoms with Gasteiger partial charge >= 0.3 is 0 Å². The van der Waals surface area contributed by atoms with Crippen molar-refractivity contribution in [3.8, 4) is 11.1 Å². The van der Waals surface area contributed by atoms with E-state index in [1.165, 1.54) is 11.6 Å². The first kappa shape index (κ1) is 15.0. The maximum absolute atomic E-state index is 13.4. The molecule has 2 nitrogen and oxygen atoms in total. The Labute approximate surface area is 134 Å². The second kappa shape index (κ2) is 7.36. The van der Waals surface area contributed by atoms with Crippen LogP contribution in [0.2, 0.25) is 0 Å². The lowest BCUT2D eigenvalue weighted by Crippen LogP contribution is -1.90. The first-order valence-electron chi connectivity index (χ1n) is 7.30. The van der Waals surface area contributed by atoms with E-state index < -0.39 is 0 Å². The fraction of sp³-hybridized carbons (Fsp3) is 0.0500. The average Bonchev–Trinajstić information content (AvgIpc) is 2.61. The number of hydrogen-bond acceptors (Lipinski definition) is 2. The average molecular weight is 304 g/mol. The van der Waals surface area contributed by atoms with E-state index in [-0.39, 0.29) is 11.4 Å². The van der Waals surface area contributed by atoms with Crippen molar-refractivity contribution in [2.75, 3.05) is 0 Å². The molecule has 1 radical (unpaired) electrons. The third-order valence-corrected chi connectivity index (χ3v) is 3.40. The Bertz CT molecular complexity index is 782. The van der Waals surface area contributed by atoms with Gasteiger partial charge in [-0.25, -0.2) is 4.39 Å². The first-order chi connectivity index (χ1) is 11.3. The molecule has 0 unspecified atom stereocenters. The summed E-state index contributed by atoms with van der Waals surface area (Å²) in [6.45, 7) is 0.316. The summed E-state index contributed by atoms with van der Waals surface area (Å²) in [7, 11) is 0.